The molecular weight excluding hydrogens is 241 g/mol. The van der Waals surface area contributed by atoms with Crippen LogP contribution in [-0.4, -0.2) is 9.97 Å². The Labute approximate surface area is 103 Å². The summed E-state index contributed by atoms with van der Waals surface area (Å²) in [7, 11) is 0. The van der Waals surface area contributed by atoms with Crippen LogP contribution in [0, 0.1) is 5.82 Å². The van der Waals surface area contributed by atoms with Gasteiger partial charge in [0, 0.05) is 24.6 Å². The highest BCUT2D eigenvalue weighted by Gasteiger charge is 2.10. The quantitative estimate of drug-likeness (QED) is 0.912. The number of nitrogens with zero attached hydrogens (tertiary/aromatic N) is 2. The summed E-state index contributed by atoms with van der Waals surface area (Å²) >= 11 is 5.98. The first kappa shape index (κ1) is 12.0. The minimum atomic E-state index is -0.390. The van der Waals surface area contributed by atoms with Crippen molar-refractivity contribution in [2.24, 2.45) is 5.73 Å². The Morgan fingerprint density at radius 2 is 2.12 bits per heavy atom. The van der Waals surface area contributed by atoms with Crippen LogP contribution in [0.4, 0.5) is 4.39 Å². The fourth-order valence-corrected chi connectivity index (χ4v) is 1.75. The summed E-state index contributed by atoms with van der Waals surface area (Å²) in [6, 6.07) is 2.85. The highest BCUT2D eigenvalue weighted by Crippen LogP contribution is 2.20. The van der Waals surface area contributed by atoms with Crippen LogP contribution in [-0.2, 0) is 6.42 Å². The van der Waals surface area contributed by atoms with Crippen molar-refractivity contribution in [1.29, 1.82) is 0 Å². The summed E-state index contributed by atoms with van der Waals surface area (Å²) in [6.45, 7) is 0. The van der Waals surface area contributed by atoms with E-state index in [1.165, 1.54) is 6.07 Å². The Kier molecular flexibility index (Phi) is 3.66. The summed E-state index contributed by atoms with van der Waals surface area (Å²) in [5, 5.41) is 0.562. The van der Waals surface area contributed by atoms with E-state index in [2.05, 4.69) is 9.97 Å². The van der Waals surface area contributed by atoms with Gasteiger partial charge in [0.2, 0.25) is 0 Å². The second-order valence-corrected chi connectivity index (χ2v) is 4.12. The molecule has 0 saturated heterocycles. The van der Waals surface area contributed by atoms with Crippen molar-refractivity contribution in [2.75, 3.05) is 0 Å². The zero-order chi connectivity index (χ0) is 12.3. The maximum atomic E-state index is 13.0. The number of rotatable bonds is 3. The van der Waals surface area contributed by atoms with Gasteiger partial charge in [0.1, 0.15) is 5.82 Å². The molecule has 1 unspecified atom stereocenters. The van der Waals surface area contributed by atoms with E-state index in [1.807, 2.05) is 0 Å². The summed E-state index contributed by atoms with van der Waals surface area (Å²) in [5.74, 6) is -0.390. The van der Waals surface area contributed by atoms with Gasteiger partial charge >= 0.3 is 0 Å². The van der Waals surface area contributed by atoms with E-state index in [0.717, 1.165) is 11.8 Å². The molecule has 0 spiro atoms. The SMILES string of the molecule is NC(Cc1ccncc1Cl)c1cncc(F)c1. The molecule has 2 aromatic rings. The first-order chi connectivity index (χ1) is 8.16. The predicted molar refractivity (Wildman–Crippen MR) is 64.1 cm³/mol. The van der Waals surface area contributed by atoms with E-state index in [1.54, 1.807) is 24.7 Å². The van der Waals surface area contributed by atoms with E-state index < -0.39 is 5.82 Å². The Bertz CT molecular complexity index is 519. The number of halogens is 2. The number of pyridine rings is 2. The van der Waals surface area contributed by atoms with Crippen molar-refractivity contribution in [3.05, 3.63) is 58.9 Å². The number of nitrogens with two attached hydrogens (primary N) is 1. The molecule has 0 radical (unpaired) electrons. The lowest BCUT2D eigenvalue weighted by molar-refractivity contribution is 0.610. The van der Waals surface area contributed by atoms with Gasteiger partial charge in [-0.3, -0.25) is 9.97 Å². The molecule has 0 aliphatic rings. The second kappa shape index (κ2) is 5.21. The standard InChI is InChI=1S/C12H11ClFN3/c13-11-7-16-2-1-8(11)4-12(15)9-3-10(14)6-17-5-9/h1-3,5-7,12H,4,15H2. The van der Waals surface area contributed by atoms with Crippen LogP contribution in [0.2, 0.25) is 5.02 Å². The Morgan fingerprint density at radius 1 is 1.29 bits per heavy atom. The van der Waals surface area contributed by atoms with Crippen LogP contribution in [0.5, 0.6) is 0 Å². The molecule has 0 fully saturated rings. The average Bonchev–Trinajstić information content (AvgIpc) is 2.32. The molecule has 2 rings (SSSR count). The van der Waals surface area contributed by atoms with Crippen molar-refractivity contribution in [3.8, 4) is 0 Å². The fourth-order valence-electron chi connectivity index (χ4n) is 1.56. The van der Waals surface area contributed by atoms with Gasteiger partial charge in [0.05, 0.1) is 11.2 Å². The molecule has 0 aliphatic heterocycles. The lowest BCUT2D eigenvalue weighted by atomic mass is 10.0. The summed E-state index contributed by atoms with van der Waals surface area (Å²) in [6.07, 6.45) is 6.44. The molecule has 1 atom stereocenters. The highest BCUT2D eigenvalue weighted by atomic mass is 35.5. The molecule has 0 amide bonds. The molecule has 2 aromatic heterocycles. The first-order valence-corrected chi connectivity index (χ1v) is 5.49. The number of hydrogen-bond acceptors (Lipinski definition) is 3. The van der Waals surface area contributed by atoms with Crippen molar-refractivity contribution < 1.29 is 4.39 Å². The van der Waals surface area contributed by atoms with Crippen LogP contribution in [0.15, 0.2) is 36.9 Å². The molecule has 0 bridgehead atoms. The zero-order valence-electron chi connectivity index (χ0n) is 8.98. The first-order valence-electron chi connectivity index (χ1n) is 5.11. The molecule has 0 aliphatic carbocycles. The maximum Gasteiger partial charge on any atom is 0.141 e. The Morgan fingerprint density at radius 3 is 2.82 bits per heavy atom. The van der Waals surface area contributed by atoms with Crippen molar-refractivity contribution in [2.45, 2.75) is 12.5 Å². The van der Waals surface area contributed by atoms with E-state index in [9.17, 15) is 4.39 Å². The van der Waals surface area contributed by atoms with E-state index in [0.29, 0.717) is 17.0 Å². The van der Waals surface area contributed by atoms with Gasteiger partial charge in [-0.25, -0.2) is 4.39 Å². The third-order valence-electron chi connectivity index (χ3n) is 2.45. The van der Waals surface area contributed by atoms with E-state index >= 15 is 0 Å². The molecular formula is C12H11ClFN3. The average molecular weight is 252 g/mol. The predicted octanol–water partition coefficient (Wildman–Crippen LogP) is 2.51. The van der Waals surface area contributed by atoms with Crippen LogP contribution in [0.25, 0.3) is 0 Å². The largest absolute Gasteiger partial charge is 0.324 e. The van der Waals surface area contributed by atoms with Crippen molar-refractivity contribution >= 4 is 11.6 Å². The minimum Gasteiger partial charge on any atom is -0.324 e. The molecule has 5 heteroatoms. The molecule has 2 heterocycles. The van der Waals surface area contributed by atoms with Crippen molar-refractivity contribution in [1.82, 2.24) is 9.97 Å². The summed E-state index contributed by atoms with van der Waals surface area (Å²) in [5.41, 5.74) is 7.52. The second-order valence-electron chi connectivity index (χ2n) is 3.71. The van der Waals surface area contributed by atoms with Crippen LogP contribution in [0.1, 0.15) is 17.2 Å². The fraction of sp³-hybridized carbons (Fsp3) is 0.167. The van der Waals surface area contributed by atoms with Crippen LogP contribution in [0.3, 0.4) is 0 Å². The van der Waals surface area contributed by atoms with E-state index in [4.69, 9.17) is 17.3 Å². The molecule has 17 heavy (non-hydrogen) atoms. The van der Waals surface area contributed by atoms with Gasteiger partial charge in [-0.05, 0) is 29.7 Å². The van der Waals surface area contributed by atoms with Gasteiger partial charge in [0.15, 0.2) is 0 Å². The van der Waals surface area contributed by atoms with Gasteiger partial charge in [-0.15, -0.1) is 0 Å². The summed E-state index contributed by atoms with van der Waals surface area (Å²) < 4.78 is 13.0. The van der Waals surface area contributed by atoms with Gasteiger partial charge in [0.25, 0.3) is 0 Å². The molecule has 3 nitrogen and oxygen atoms in total. The minimum absolute atomic E-state index is 0.335. The van der Waals surface area contributed by atoms with Crippen LogP contribution < -0.4 is 5.73 Å². The summed E-state index contributed by atoms with van der Waals surface area (Å²) in [4.78, 5) is 7.66. The van der Waals surface area contributed by atoms with E-state index in [-0.39, 0.29) is 6.04 Å². The van der Waals surface area contributed by atoms with Gasteiger partial charge in [-0.2, -0.15) is 0 Å². The Hall–Kier alpha value is -1.52. The lowest BCUT2D eigenvalue weighted by Crippen LogP contribution is -2.14. The monoisotopic (exact) mass is 251 g/mol. The molecule has 2 N–H and O–H groups in total. The molecule has 0 saturated carbocycles. The molecule has 88 valence electrons. The zero-order valence-corrected chi connectivity index (χ0v) is 9.73. The normalized spacial score (nSPS) is 12.4. The topological polar surface area (TPSA) is 51.8 Å². The van der Waals surface area contributed by atoms with Gasteiger partial charge in [-0.1, -0.05) is 11.6 Å². The molecule has 0 aromatic carbocycles. The smallest absolute Gasteiger partial charge is 0.141 e. The lowest BCUT2D eigenvalue weighted by Gasteiger charge is -2.12. The third kappa shape index (κ3) is 2.99. The third-order valence-corrected chi connectivity index (χ3v) is 2.79. The number of hydrogen-bond donors (Lipinski definition) is 1. The van der Waals surface area contributed by atoms with Gasteiger partial charge < -0.3 is 5.73 Å². The Balaban J connectivity index is 2.17. The highest BCUT2D eigenvalue weighted by molar-refractivity contribution is 6.31. The maximum absolute atomic E-state index is 13.0. The van der Waals surface area contributed by atoms with Crippen LogP contribution >= 0.6 is 11.6 Å². The number of aromatic nitrogens is 2. The van der Waals surface area contributed by atoms with Crippen molar-refractivity contribution in [3.63, 3.8) is 0 Å².